The fraction of sp³-hybridized carbons (Fsp3) is 1.00. The summed E-state index contributed by atoms with van der Waals surface area (Å²) in [6.45, 7) is 50.8. The third kappa shape index (κ3) is 11.8. The van der Waals surface area contributed by atoms with Gasteiger partial charge in [-0.05, 0) is 84.4 Å². The molecule has 0 aromatic rings. The van der Waals surface area contributed by atoms with Gasteiger partial charge in [0.05, 0.1) is 54.9 Å². The maximum atomic E-state index is 7.38. The second-order valence-corrected chi connectivity index (χ2v) is 23.9. The Hall–Kier alpha value is -0.360. The van der Waals surface area contributed by atoms with Crippen molar-refractivity contribution in [2.45, 2.75) is 271 Å². The van der Waals surface area contributed by atoms with E-state index >= 15 is 0 Å². The minimum atomic E-state index is -0.543. The van der Waals surface area contributed by atoms with Crippen LogP contribution in [0.3, 0.4) is 0 Å². The van der Waals surface area contributed by atoms with Crippen molar-refractivity contribution in [1.29, 1.82) is 0 Å². The van der Waals surface area contributed by atoms with Gasteiger partial charge in [-0.1, -0.05) is 171 Å². The molecule has 388 valence electrons. The summed E-state index contributed by atoms with van der Waals surface area (Å²) in [6.07, 6.45) is 2.80. The molecule has 5 aliphatic heterocycles. The van der Waals surface area contributed by atoms with Gasteiger partial charge in [0.15, 0.2) is 25.2 Å². The van der Waals surface area contributed by atoms with Crippen LogP contribution in [0.5, 0.6) is 0 Å². The highest BCUT2D eigenvalue weighted by Gasteiger charge is 2.54. The fourth-order valence-corrected chi connectivity index (χ4v) is 13.0. The molecule has 9 heteroatoms. The Balaban J connectivity index is 1.39. The zero-order valence-corrected chi connectivity index (χ0v) is 46.5. The monoisotopic (exact) mass is 935 g/mol. The van der Waals surface area contributed by atoms with Crippen molar-refractivity contribution >= 4 is 0 Å². The molecule has 0 aromatic heterocycles. The number of ether oxygens (including phenoxy) is 9. The summed E-state index contributed by atoms with van der Waals surface area (Å²) >= 11 is 0. The Kier molecular flexibility index (Phi) is 20.9. The summed E-state index contributed by atoms with van der Waals surface area (Å²) in [6, 6.07) is 0. The van der Waals surface area contributed by atoms with Crippen LogP contribution in [-0.2, 0) is 42.6 Å². The van der Waals surface area contributed by atoms with Crippen molar-refractivity contribution < 1.29 is 42.6 Å². The van der Waals surface area contributed by atoms with Crippen molar-refractivity contribution in [2.75, 3.05) is 0 Å². The summed E-state index contributed by atoms with van der Waals surface area (Å²) in [7, 11) is 0. The molecule has 0 amide bonds. The Labute approximate surface area is 406 Å². The molecular formula is C57H106O9. The molecule has 0 bridgehead atoms. The van der Waals surface area contributed by atoms with Crippen LogP contribution >= 0.6 is 0 Å². The van der Waals surface area contributed by atoms with Crippen molar-refractivity contribution in [2.24, 2.45) is 94.7 Å². The van der Waals surface area contributed by atoms with Crippen LogP contribution in [0, 0.1) is 94.7 Å². The molecule has 0 aromatic carbocycles. The molecule has 0 saturated carbocycles. The van der Waals surface area contributed by atoms with Gasteiger partial charge in [0.2, 0.25) is 0 Å². The van der Waals surface area contributed by atoms with E-state index in [-0.39, 0.29) is 109 Å². The minimum Gasteiger partial charge on any atom is -0.372 e. The lowest BCUT2D eigenvalue weighted by atomic mass is 9.75. The van der Waals surface area contributed by atoms with Crippen LogP contribution in [0.25, 0.3) is 0 Å². The second kappa shape index (κ2) is 24.4. The molecule has 5 saturated heterocycles. The predicted octanol–water partition coefficient (Wildman–Crippen LogP) is 13.4. The fourth-order valence-electron chi connectivity index (χ4n) is 13.0. The Bertz CT molecular complexity index is 1430. The third-order valence-corrected chi connectivity index (χ3v) is 20.0. The first kappa shape index (κ1) is 56.6. The van der Waals surface area contributed by atoms with Crippen molar-refractivity contribution in [1.82, 2.24) is 0 Å². The van der Waals surface area contributed by atoms with Gasteiger partial charge in [0.25, 0.3) is 0 Å². The van der Waals surface area contributed by atoms with Crippen LogP contribution in [0.1, 0.15) is 184 Å². The highest BCUT2D eigenvalue weighted by Crippen LogP contribution is 2.47. The molecule has 5 heterocycles. The summed E-state index contributed by atoms with van der Waals surface area (Å²) < 4.78 is 64.5. The van der Waals surface area contributed by atoms with Gasteiger partial charge in [-0.25, -0.2) is 0 Å². The molecule has 5 aliphatic rings. The predicted molar refractivity (Wildman–Crippen MR) is 267 cm³/mol. The standard InChI is InChI=1S/C57H106O9/c1-23-28(6)46-36(14)38(16)51(44(22)58-46)64-57-53(39(17)37(15)48(62-57)30(8)25-3)66-55-41(19)33(11)35(13)52(65-55)45(27-5)59-56-43(21)50(42(20)49(61-56)31(9)26-4)63-54-40(18)32(10)34(12)47(60-54)29(7)24-2/h28-57H,23-27H2,1-22H3/t28-,29-,30-,31-,32?,33+,34+,35+,36+,37+,38+,39+,40?,41?,42-,43?,44-,45-,46?,47+,48?,49?,50+,51?,52?,53?,54-,55-,56+,57-/m1/s1. The van der Waals surface area contributed by atoms with Gasteiger partial charge in [-0.2, -0.15) is 0 Å². The number of hydrogen-bond donors (Lipinski definition) is 0. The van der Waals surface area contributed by atoms with Gasteiger partial charge in [0.1, 0.15) is 6.10 Å². The average molecular weight is 935 g/mol. The molecule has 66 heavy (non-hydrogen) atoms. The lowest BCUT2D eigenvalue weighted by Gasteiger charge is -2.53. The van der Waals surface area contributed by atoms with Crippen LogP contribution < -0.4 is 0 Å². The zero-order valence-electron chi connectivity index (χ0n) is 46.5. The van der Waals surface area contributed by atoms with E-state index in [1.54, 1.807) is 0 Å². The molecule has 0 radical (unpaired) electrons. The third-order valence-electron chi connectivity index (χ3n) is 20.0. The van der Waals surface area contributed by atoms with E-state index < -0.39 is 18.9 Å². The number of rotatable bonds is 18. The largest absolute Gasteiger partial charge is 0.372 e. The van der Waals surface area contributed by atoms with E-state index in [9.17, 15) is 0 Å². The van der Waals surface area contributed by atoms with E-state index in [0.29, 0.717) is 53.3 Å². The van der Waals surface area contributed by atoms with Crippen molar-refractivity contribution in [3.8, 4) is 0 Å². The minimum absolute atomic E-state index is 0.00563. The molecule has 0 spiro atoms. The summed E-state index contributed by atoms with van der Waals surface area (Å²) in [4.78, 5) is 0. The average Bonchev–Trinajstić information content (AvgIpc) is 3.31. The van der Waals surface area contributed by atoms with Gasteiger partial charge in [-0.3, -0.25) is 0 Å². The maximum absolute atomic E-state index is 7.38. The van der Waals surface area contributed by atoms with Gasteiger partial charge in [-0.15, -0.1) is 0 Å². The van der Waals surface area contributed by atoms with E-state index in [2.05, 4.69) is 152 Å². The van der Waals surface area contributed by atoms with Crippen LogP contribution in [0.15, 0.2) is 0 Å². The van der Waals surface area contributed by atoms with E-state index in [0.717, 1.165) is 32.1 Å². The Morgan fingerprint density at radius 3 is 1.12 bits per heavy atom. The Morgan fingerprint density at radius 1 is 0.303 bits per heavy atom. The molecule has 5 rings (SSSR count). The van der Waals surface area contributed by atoms with Crippen molar-refractivity contribution in [3.05, 3.63) is 0 Å². The van der Waals surface area contributed by atoms with Gasteiger partial charge in [0, 0.05) is 23.7 Å². The normalized spacial score (nSPS) is 49.5. The van der Waals surface area contributed by atoms with E-state index in [1.165, 1.54) is 0 Å². The first-order valence-corrected chi connectivity index (χ1v) is 28.0. The second-order valence-electron chi connectivity index (χ2n) is 23.9. The first-order valence-electron chi connectivity index (χ1n) is 28.0. The Morgan fingerprint density at radius 2 is 0.652 bits per heavy atom. The van der Waals surface area contributed by atoms with Gasteiger partial charge >= 0.3 is 0 Å². The lowest BCUT2D eigenvalue weighted by molar-refractivity contribution is -0.370. The molecule has 5 fully saturated rings. The molecule has 10 unspecified atom stereocenters. The maximum Gasteiger partial charge on any atom is 0.184 e. The van der Waals surface area contributed by atoms with Crippen LogP contribution in [0.2, 0.25) is 0 Å². The number of hydrogen-bond acceptors (Lipinski definition) is 9. The van der Waals surface area contributed by atoms with Gasteiger partial charge < -0.3 is 42.6 Å². The topological polar surface area (TPSA) is 83.1 Å². The van der Waals surface area contributed by atoms with Crippen LogP contribution in [0.4, 0.5) is 0 Å². The smallest absolute Gasteiger partial charge is 0.184 e. The van der Waals surface area contributed by atoms with E-state index in [1.807, 2.05) is 0 Å². The summed E-state index contributed by atoms with van der Waals surface area (Å²) in [5, 5.41) is 0. The zero-order chi connectivity index (χ0) is 49.2. The highest BCUT2D eigenvalue weighted by atomic mass is 16.8. The first-order chi connectivity index (χ1) is 31.1. The van der Waals surface area contributed by atoms with Crippen molar-refractivity contribution in [3.63, 3.8) is 0 Å². The lowest BCUT2D eigenvalue weighted by Crippen LogP contribution is -2.60. The summed E-state index contributed by atoms with van der Waals surface area (Å²) in [5.74, 6) is 4.95. The SMILES string of the molecule is CC[C@@H](C)C1O[C@H](OC2[C@@H](C)[C@H](C)C([C@H](C)CC)O[C@@H]2C)C(O[C@H]2OC([C@@H](CC)O[C@H]3OC([C@H](C)CC)[C@@H](C)[C@H](O[C@H]4O[C@@H]([C@H](C)CC)[C@@H](C)C(C)C4C)C3C)[C@@H](C)[C@H](C)C2C)[C@@H](C)[C@@H]1C. The van der Waals surface area contributed by atoms with Crippen LogP contribution in [-0.4, -0.2) is 86.2 Å². The molecule has 9 nitrogen and oxygen atoms in total. The molecule has 0 N–H and O–H groups in total. The molecular weight excluding hydrogens is 829 g/mol. The molecule has 30 atom stereocenters. The quantitative estimate of drug-likeness (QED) is 0.133. The summed E-state index contributed by atoms with van der Waals surface area (Å²) in [5.41, 5.74) is 0. The highest BCUT2D eigenvalue weighted by molar-refractivity contribution is 4.96. The molecule has 0 aliphatic carbocycles. The van der Waals surface area contributed by atoms with E-state index in [4.69, 9.17) is 42.6 Å².